The molecule has 1 aliphatic heterocycles. The lowest BCUT2D eigenvalue weighted by molar-refractivity contribution is 0.0669. The van der Waals surface area contributed by atoms with E-state index in [0.717, 1.165) is 36.5 Å². The molecule has 1 atom stereocenters. The minimum atomic E-state index is -0.115. The Hall–Kier alpha value is -2.70. The van der Waals surface area contributed by atoms with Crippen LogP contribution in [0, 0.1) is 6.92 Å². The summed E-state index contributed by atoms with van der Waals surface area (Å²) in [6.07, 6.45) is 3.47. The molecule has 0 unspecified atom stereocenters. The van der Waals surface area contributed by atoms with Gasteiger partial charge < -0.3 is 9.32 Å². The van der Waals surface area contributed by atoms with Crippen molar-refractivity contribution in [2.75, 3.05) is 13.1 Å². The fourth-order valence-electron chi connectivity index (χ4n) is 3.66. The van der Waals surface area contributed by atoms with Gasteiger partial charge in [-0.15, -0.1) is 0 Å². The molecule has 142 valence electrons. The molecule has 0 spiro atoms. The second kappa shape index (κ2) is 6.48. The van der Waals surface area contributed by atoms with Gasteiger partial charge >= 0.3 is 0 Å². The van der Waals surface area contributed by atoms with Crippen molar-refractivity contribution in [2.45, 2.75) is 51.9 Å². The molecule has 4 heterocycles. The molecular formula is C20H25N5O2. The van der Waals surface area contributed by atoms with Gasteiger partial charge in [0.05, 0.1) is 5.69 Å². The van der Waals surface area contributed by atoms with Crippen LogP contribution in [0.25, 0.3) is 5.78 Å². The Kier molecular flexibility index (Phi) is 4.25. The number of hydrogen-bond acceptors (Lipinski definition) is 5. The topological polar surface area (TPSA) is 76.5 Å². The first kappa shape index (κ1) is 17.7. The molecule has 3 aromatic rings. The lowest BCUT2D eigenvalue weighted by Crippen LogP contribution is -2.39. The van der Waals surface area contributed by atoms with Gasteiger partial charge in [-0.25, -0.2) is 9.50 Å². The number of rotatable bonds is 2. The van der Waals surface area contributed by atoms with Crippen LogP contribution in [0.5, 0.6) is 0 Å². The molecule has 1 aliphatic rings. The summed E-state index contributed by atoms with van der Waals surface area (Å²) in [6, 6.07) is 5.74. The number of carbonyl (C=O) groups is 1. The largest absolute Gasteiger partial charge is 0.455 e. The average molecular weight is 367 g/mol. The van der Waals surface area contributed by atoms with Gasteiger partial charge in [0.2, 0.25) is 0 Å². The van der Waals surface area contributed by atoms with Gasteiger partial charge in [-0.3, -0.25) is 4.79 Å². The number of amides is 1. The van der Waals surface area contributed by atoms with Crippen LogP contribution >= 0.6 is 0 Å². The summed E-state index contributed by atoms with van der Waals surface area (Å²) in [5.41, 5.74) is 1.85. The number of aryl methyl sites for hydroxylation is 1. The molecular weight excluding hydrogens is 342 g/mol. The van der Waals surface area contributed by atoms with Gasteiger partial charge in [-0.05, 0) is 38.0 Å². The van der Waals surface area contributed by atoms with Gasteiger partial charge in [0.1, 0.15) is 12.1 Å². The van der Waals surface area contributed by atoms with Crippen molar-refractivity contribution in [2.24, 2.45) is 0 Å². The molecule has 0 radical (unpaired) electrons. The summed E-state index contributed by atoms with van der Waals surface area (Å²) in [7, 11) is 0. The first-order valence-electron chi connectivity index (χ1n) is 9.40. The Labute approximate surface area is 158 Å². The molecule has 1 saturated heterocycles. The molecule has 27 heavy (non-hydrogen) atoms. The van der Waals surface area contributed by atoms with Gasteiger partial charge in [-0.1, -0.05) is 20.8 Å². The summed E-state index contributed by atoms with van der Waals surface area (Å²) in [6.45, 7) is 9.57. The number of furan rings is 1. The zero-order chi connectivity index (χ0) is 19.2. The number of fused-ring (bicyclic) bond motifs is 1. The molecule has 1 fully saturated rings. The number of piperidine rings is 1. The van der Waals surface area contributed by atoms with Crippen molar-refractivity contribution in [3.63, 3.8) is 0 Å². The standard InChI is InChI=1S/C20H25N5O2/c1-13-10-15(25-19(23-13)21-12-22-25)14-6-5-9-24(11-14)18(26)16-7-8-17(27-16)20(2,3)4/h7-8,10,12,14H,5-6,9,11H2,1-4H3/t14-/m0/s1. The van der Waals surface area contributed by atoms with Crippen LogP contribution in [0.1, 0.15) is 67.2 Å². The summed E-state index contributed by atoms with van der Waals surface area (Å²) >= 11 is 0. The summed E-state index contributed by atoms with van der Waals surface area (Å²) in [4.78, 5) is 23.5. The predicted molar refractivity (Wildman–Crippen MR) is 101 cm³/mol. The Morgan fingerprint density at radius 1 is 1.30 bits per heavy atom. The van der Waals surface area contributed by atoms with Gasteiger partial charge in [0, 0.05) is 30.1 Å². The van der Waals surface area contributed by atoms with Crippen molar-refractivity contribution >= 4 is 11.7 Å². The average Bonchev–Trinajstić information content (AvgIpc) is 3.29. The third kappa shape index (κ3) is 3.34. The normalized spacial score (nSPS) is 18.2. The Morgan fingerprint density at radius 3 is 2.85 bits per heavy atom. The second-order valence-electron chi connectivity index (χ2n) is 8.30. The lowest BCUT2D eigenvalue weighted by Gasteiger charge is -2.32. The molecule has 3 aromatic heterocycles. The zero-order valence-electron chi connectivity index (χ0n) is 16.3. The van der Waals surface area contributed by atoms with Crippen molar-refractivity contribution in [3.8, 4) is 0 Å². The fraction of sp³-hybridized carbons (Fsp3) is 0.500. The quantitative estimate of drug-likeness (QED) is 0.694. The lowest BCUT2D eigenvalue weighted by atomic mass is 9.93. The first-order chi connectivity index (χ1) is 12.8. The highest BCUT2D eigenvalue weighted by Gasteiger charge is 2.30. The third-order valence-corrected chi connectivity index (χ3v) is 5.09. The van der Waals surface area contributed by atoms with Crippen LogP contribution in [0.3, 0.4) is 0 Å². The van der Waals surface area contributed by atoms with Crippen molar-refractivity contribution < 1.29 is 9.21 Å². The fourth-order valence-corrected chi connectivity index (χ4v) is 3.66. The van der Waals surface area contributed by atoms with E-state index in [9.17, 15) is 4.79 Å². The number of carbonyl (C=O) groups excluding carboxylic acids is 1. The maximum absolute atomic E-state index is 13.0. The smallest absolute Gasteiger partial charge is 0.289 e. The second-order valence-corrected chi connectivity index (χ2v) is 8.30. The van der Waals surface area contributed by atoms with Crippen molar-refractivity contribution in [1.29, 1.82) is 0 Å². The highest BCUT2D eigenvalue weighted by Crippen LogP contribution is 2.29. The van der Waals surface area contributed by atoms with Crippen LogP contribution in [-0.2, 0) is 5.41 Å². The van der Waals surface area contributed by atoms with E-state index in [1.807, 2.05) is 24.0 Å². The van der Waals surface area contributed by atoms with Crippen LogP contribution in [0.2, 0.25) is 0 Å². The summed E-state index contributed by atoms with van der Waals surface area (Å²) < 4.78 is 7.64. The van der Waals surface area contributed by atoms with Gasteiger partial charge in [-0.2, -0.15) is 10.1 Å². The van der Waals surface area contributed by atoms with Gasteiger partial charge in [0.25, 0.3) is 11.7 Å². The van der Waals surface area contributed by atoms with E-state index in [1.165, 1.54) is 6.33 Å². The van der Waals surface area contributed by atoms with E-state index < -0.39 is 0 Å². The number of aromatic nitrogens is 4. The summed E-state index contributed by atoms with van der Waals surface area (Å²) in [5.74, 6) is 2.00. The Balaban J connectivity index is 1.58. The van der Waals surface area contributed by atoms with E-state index in [4.69, 9.17) is 4.42 Å². The molecule has 0 aliphatic carbocycles. The predicted octanol–water partition coefficient (Wildman–Crippen LogP) is 3.34. The first-order valence-corrected chi connectivity index (χ1v) is 9.40. The maximum atomic E-state index is 13.0. The number of hydrogen-bond donors (Lipinski definition) is 0. The van der Waals surface area contributed by atoms with E-state index in [0.29, 0.717) is 18.1 Å². The molecule has 0 saturated carbocycles. The highest BCUT2D eigenvalue weighted by atomic mass is 16.4. The molecule has 4 rings (SSSR count). The van der Waals surface area contributed by atoms with Crippen molar-refractivity contribution in [3.05, 3.63) is 47.4 Å². The number of likely N-dealkylation sites (tertiary alicyclic amines) is 1. The van der Waals surface area contributed by atoms with Crippen LogP contribution in [0.15, 0.2) is 28.9 Å². The Morgan fingerprint density at radius 2 is 2.11 bits per heavy atom. The van der Waals surface area contributed by atoms with E-state index in [2.05, 4.69) is 35.8 Å². The zero-order valence-corrected chi connectivity index (χ0v) is 16.3. The van der Waals surface area contributed by atoms with Crippen LogP contribution < -0.4 is 0 Å². The monoisotopic (exact) mass is 367 g/mol. The van der Waals surface area contributed by atoms with E-state index in [-0.39, 0.29) is 17.2 Å². The molecule has 0 N–H and O–H groups in total. The number of nitrogens with zero attached hydrogens (tertiary/aromatic N) is 5. The molecule has 0 bridgehead atoms. The SMILES string of the molecule is Cc1cc([C@H]2CCCN(C(=O)c3ccc(C(C)(C)C)o3)C2)n2ncnc2n1. The van der Waals surface area contributed by atoms with E-state index >= 15 is 0 Å². The van der Waals surface area contributed by atoms with Gasteiger partial charge in [0.15, 0.2) is 5.76 Å². The molecule has 0 aromatic carbocycles. The van der Waals surface area contributed by atoms with Crippen molar-refractivity contribution in [1.82, 2.24) is 24.5 Å². The third-order valence-electron chi connectivity index (χ3n) is 5.09. The minimum absolute atomic E-state index is 0.0455. The maximum Gasteiger partial charge on any atom is 0.289 e. The van der Waals surface area contributed by atoms with Crippen LogP contribution in [-0.4, -0.2) is 43.5 Å². The minimum Gasteiger partial charge on any atom is -0.455 e. The van der Waals surface area contributed by atoms with Crippen LogP contribution in [0.4, 0.5) is 0 Å². The summed E-state index contributed by atoms with van der Waals surface area (Å²) in [5, 5.41) is 4.31. The Bertz CT molecular complexity index is 982. The highest BCUT2D eigenvalue weighted by molar-refractivity contribution is 5.91. The molecule has 7 heteroatoms. The molecule has 7 nitrogen and oxygen atoms in total. The van der Waals surface area contributed by atoms with E-state index in [1.54, 1.807) is 10.6 Å². The molecule has 1 amide bonds.